The molecule has 5 rings (SSSR count). The molecule has 1 aliphatic heterocycles. The number of alkyl halides is 6. The van der Waals surface area contributed by atoms with Gasteiger partial charge in [-0.2, -0.15) is 26.3 Å². The molecular weight excluding hydrogens is 632 g/mol. The number of halogens is 6. The van der Waals surface area contributed by atoms with Crippen LogP contribution in [-0.2, 0) is 28.4 Å². The van der Waals surface area contributed by atoms with Gasteiger partial charge in [-0.15, -0.1) is 0 Å². The van der Waals surface area contributed by atoms with E-state index >= 15 is 0 Å². The number of aryl methyl sites for hydroxylation is 1. The van der Waals surface area contributed by atoms with Crippen LogP contribution in [0.2, 0.25) is 0 Å². The zero-order valence-corrected chi connectivity index (χ0v) is 24.6. The third-order valence-electron chi connectivity index (χ3n) is 8.03. The SMILES string of the molecule is [C-]#[N+]c1ccc(NC(=O)CCCc2ccc(N3C(=S)N(c4ccc([N+]#[C-])c(C(F)(F)F)c4)C(=O)C34CCC4)cc2)cc1C(F)(F)F. The van der Waals surface area contributed by atoms with Crippen LogP contribution in [0.1, 0.15) is 48.8 Å². The number of rotatable bonds is 7. The van der Waals surface area contributed by atoms with E-state index in [2.05, 4.69) is 15.0 Å². The third kappa shape index (κ3) is 6.00. The van der Waals surface area contributed by atoms with Gasteiger partial charge in [0, 0.05) is 23.5 Å². The van der Waals surface area contributed by atoms with E-state index in [1.807, 2.05) is 0 Å². The Hall–Kier alpha value is -4.95. The van der Waals surface area contributed by atoms with Crippen molar-refractivity contribution in [3.63, 3.8) is 0 Å². The Bertz CT molecular complexity index is 1800. The average molecular weight is 656 g/mol. The summed E-state index contributed by atoms with van der Waals surface area (Å²) in [6, 6.07) is 13.1. The van der Waals surface area contributed by atoms with Crippen molar-refractivity contribution in [2.75, 3.05) is 15.1 Å². The van der Waals surface area contributed by atoms with Gasteiger partial charge in [0.05, 0.1) is 24.3 Å². The highest BCUT2D eigenvalue weighted by molar-refractivity contribution is 7.81. The van der Waals surface area contributed by atoms with Crippen LogP contribution in [0, 0.1) is 13.1 Å². The van der Waals surface area contributed by atoms with Gasteiger partial charge in [-0.05, 0) is 86.3 Å². The Morgan fingerprint density at radius 3 is 1.98 bits per heavy atom. The minimum absolute atomic E-state index is 0.0165. The molecule has 2 aliphatic rings. The number of amides is 2. The molecule has 1 N–H and O–H groups in total. The van der Waals surface area contributed by atoms with E-state index < -0.39 is 52.2 Å². The second-order valence-electron chi connectivity index (χ2n) is 10.9. The maximum Gasteiger partial charge on any atom is 0.407 e. The zero-order valence-electron chi connectivity index (χ0n) is 23.8. The first kappa shape index (κ1) is 32.4. The number of carbonyl (C=O) groups is 2. The number of nitrogens with one attached hydrogen (secondary N) is 1. The summed E-state index contributed by atoms with van der Waals surface area (Å²) in [6.45, 7) is 14.0. The predicted octanol–water partition coefficient (Wildman–Crippen LogP) is 8.85. The van der Waals surface area contributed by atoms with Gasteiger partial charge in [0.25, 0.3) is 5.91 Å². The molecule has 1 saturated heterocycles. The largest absolute Gasteiger partial charge is 0.407 e. The predicted molar refractivity (Wildman–Crippen MR) is 163 cm³/mol. The highest BCUT2D eigenvalue weighted by atomic mass is 32.1. The summed E-state index contributed by atoms with van der Waals surface area (Å²) in [5.74, 6) is -0.931. The van der Waals surface area contributed by atoms with E-state index in [1.165, 1.54) is 12.1 Å². The molecule has 1 aliphatic carbocycles. The van der Waals surface area contributed by atoms with E-state index in [1.54, 1.807) is 29.2 Å². The average Bonchev–Trinajstić information content (AvgIpc) is 3.22. The summed E-state index contributed by atoms with van der Waals surface area (Å²) in [4.78, 5) is 34.6. The Morgan fingerprint density at radius 2 is 1.43 bits per heavy atom. The summed E-state index contributed by atoms with van der Waals surface area (Å²) >= 11 is 5.65. The molecule has 1 spiro atoms. The summed E-state index contributed by atoms with van der Waals surface area (Å²) in [7, 11) is 0. The molecule has 2 fully saturated rings. The Morgan fingerprint density at radius 1 is 0.870 bits per heavy atom. The molecule has 0 radical (unpaired) electrons. The van der Waals surface area contributed by atoms with Gasteiger partial charge in [-0.1, -0.05) is 24.3 Å². The second-order valence-corrected chi connectivity index (χ2v) is 11.2. The zero-order chi connectivity index (χ0) is 33.4. The van der Waals surface area contributed by atoms with Gasteiger partial charge in [-0.3, -0.25) is 14.5 Å². The van der Waals surface area contributed by atoms with Crippen LogP contribution in [0.4, 0.5) is 54.8 Å². The van der Waals surface area contributed by atoms with Gasteiger partial charge < -0.3 is 10.2 Å². The fourth-order valence-corrected chi connectivity index (χ4v) is 6.09. The normalized spacial score (nSPS) is 15.8. The summed E-state index contributed by atoms with van der Waals surface area (Å²) in [6.07, 6.45) is -7.06. The van der Waals surface area contributed by atoms with Crippen molar-refractivity contribution < 1.29 is 35.9 Å². The molecule has 1 heterocycles. The topological polar surface area (TPSA) is 61.4 Å². The summed E-state index contributed by atoms with van der Waals surface area (Å²) in [5.41, 5.74) is -3.20. The van der Waals surface area contributed by atoms with E-state index in [0.29, 0.717) is 31.4 Å². The van der Waals surface area contributed by atoms with Crippen molar-refractivity contribution >= 4 is 57.6 Å². The van der Waals surface area contributed by atoms with Crippen LogP contribution in [-0.4, -0.2) is 22.5 Å². The van der Waals surface area contributed by atoms with E-state index in [-0.39, 0.29) is 22.9 Å². The minimum Gasteiger partial charge on any atom is -0.326 e. The number of thiocarbonyl (C=S) groups is 1. The number of benzene rings is 3. The highest BCUT2D eigenvalue weighted by Crippen LogP contribution is 2.49. The van der Waals surface area contributed by atoms with Gasteiger partial charge in [-0.25, -0.2) is 9.69 Å². The highest BCUT2D eigenvalue weighted by Gasteiger charge is 2.59. The van der Waals surface area contributed by atoms with E-state index in [0.717, 1.165) is 41.1 Å². The van der Waals surface area contributed by atoms with Gasteiger partial charge >= 0.3 is 12.4 Å². The first-order chi connectivity index (χ1) is 21.7. The molecule has 0 unspecified atom stereocenters. The molecule has 14 heteroatoms. The minimum atomic E-state index is -4.80. The maximum atomic E-state index is 13.7. The lowest BCUT2D eigenvalue weighted by Gasteiger charge is -2.43. The van der Waals surface area contributed by atoms with Crippen molar-refractivity contribution in [2.24, 2.45) is 0 Å². The quantitative estimate of drug-likeness (QED) is 0.157. The van der Waals surface area contributed by atoms with Gasteiger partial charge in [0.15, 0.2) is 16.5 Å². The molecule has 2 amide bonds. The molecule has 3 aromatic carbocycles. The molecule has 3 aromatic rings. The Labute approximate surface area is 265 Å². The first-order valence-corrected chi connectivity index (χ1v) is 14.4. The van der Waals surface area contributed by atoms with Crippen LogP contribution < -0.4 is 15.1 Å². The summed E-state index contributed by atoms with van der Waals surface area (Å²) < 4.78 is 80.6. The Kier molecular flexibility index (Phi) is 8.53. The molecule has 1 saturated carbocycles. The molecule has 0 bridgehead atoms. The maximum absolute atomic E-state index is 13.7. The number of carbonyl (C=O) groups excluding carboxylic acids is 2. The molecular formula is C32H23F6N5O2S. The summed E-state index contributed by atoms with van der Waals surface area (Å²) in [5, 5.41) is 2.45. The Balaban J connectivity index is 1.27. The molecule has 236 valence electrons. The monoisotopic (exact) mass is 655 g/mol. The molecule has 7 nitrogen and oxygen atoms in total. The lowest BCUT2D eigenvalue weighted by atomic mass is 9.75. The lowest BCUT2D eigenvalue weighted by molar-refractivity contribution is -0.137. The van der Waals surface area contributed by atoms with Crippen molar-refractivity contribution in [1.82, 2.24) is 0 Å². The first-order valence-electron chi connectivity index (χ1n) is 13.9. The number of hydrogen-bond acceptors (Lipinski definition) is 3. The lowest BCUT2D eigenvalue weighted by Crippen LogP contribution is -2.55. The van der Waals surface area contributed by atoms with Crippen LogP contribution >= 0.6 is 12.2 Å². The fourth-order valence-electron chi connectivity index (χ4n) is 5.62. The standard InChI is InChI=1S/C32H23F6N5O2S/c1-39-25-13-9-20(17-23(25)31(33,34)35)41-27(44)6-3-5-19-7-10-21(11-8-19)43-29(46)42(28(45)30(43)15-4-16-30)22-12-14-26(40-2)24(18-22)32(36,37)38/h7-14,17-18H,3-6,15-16H2,(H,41,44). The smallest absolute Gasteiger partial charge is 0.326 e. The van der Waals surface area contributed by atoms with Crippen LogP contribution in [0.15, 0.2) is 60.7 Å². The van der Waals surface area contributed by atoms with Crippen LogP contribution in [0.5, 0.6) is 0 Å². The second kappa shape index (κ2) is 12.1. The van der Waals surface area contributed by atoms with Crippen LogP contribution in [0.3, 0.4) is 0 Å². The number of hydrogen-bond donors (Lipinski definition) is 1. The number of anilines is 3. The van der Waals surface area contributed by atoms with E-state index in [9.17, 15) is 35.9 Å². The van der Waals surface area contributed by atoms with Gasteiger partial charge in [0.2, 0.25) is 5.91 Å². The number of nitrogens with zero attached hydrogens (tertiary/aromatic N) is 4. The van der Waals surface area contributed by atoms with Crippen LogP contribution in [0.25, 0.3) is 9.69 Å². The molecule has 0 aromatic heterocycles. The van der Waals surface area contributed by atoms with Crippen molar-refractivity contribution in [3.05, 3.63) is 100 Å². The molecule has 0 atom stereocenters. The molecule has 46 heavy (non-hydrogen) atoms. The van der Waals surface area contributed by atoms with Crippen molar-refractivity contribution in [1.29, 1.82) is 0 Å². The van der Waals surface area contributed by atoms with E-state index in [4.69, 9.17) is 25.4 Å². The van der Waals surface area contributed by atoms with Crippen molar-refractivity contribution in [2.45, 2.75) is 56.4 Å². The van der Waals surface area contributed by atoms with Crippen molar-refractivity contribution in [3.8, 4) is 0 Å². The third-order valence-corrected chi connectivity index (χ3v) is 8.39. The van der Waals surface area contributed by atoms with Gasteiger partial charge in [0.1, 0.15) is 5.54 Å². The fraction of sp³-hybridized carbons (Fsp3) is 0.281.